The van der Waals surface area contributed by atoms with Crippen LogP contribution in [0.15, 0.2) is 55.1 Å². The van der Waals surface area contributed by atoms with Crippen molar-refractivity contribution in [3.8, 4) is 0 Å². The van der Waals surface area contributed by atoms with Gasteiger partial charge in [0.05, 0.1) is 24.1 Å². The summed E-state index contributed by atoms with van der Waals surface area (Å²) in [7, 11) is 0. The Labute approximate surface area is 128 Å². The number of rotatable bonds is 4. The average Bonchev–Trinajstić information content (AvgIpc) is 3.00. The van der Waals surface area contributed by atoms with Gasteiger partial charge in [0.2, 0.25) is 0 Å². The summed E-state index contributed by atoms with van der Waals surface area (Å²) in [6, 6.07) is 11.1. The Kier molecular flexibility index (Phi) is 3.89. The van der Waals surface area contributed by atoms with E-state index in [9.17, 15) is 9.90 Å². The summed E-state index contributed by atoms with van der Waals surface area (Å²) in [6.07, 6.45) is 4.44. The minimum atomic E-state index is -0.719. The zero-order valence-corrected chi connectivity index (χ0v) is 12.2. The summed E-state index contributed by atoms with van der Waals surface area (Å²) < 4.78 is 1.83. The van der Waals surface area contributed by atoms with Crippen molar-refractivity contribution in [3.05, 3.63) is 71.8 Å². The molecule has 3 aromatic rings. The number of pyridine rings is 1. The largest absolute Gasteiger partial charge is 0.387 e. The van der Waals surface area contributed by atoms with Crippen molar-refractivity contribution >= 4 is 11.4 Å². The molecule has 0 aliphatic heterocycles. The van der Waals surface area contributed by atoms with Gasteiger partial charge in [0.25, 0.3) is 5.91 Å². The SMILES string of the molecule is Cc1ccc(C(O)CNC(=O)c2ccn3cncc3c2)cc1. The third-order valence-electron chi connectivity index (χ3n) is 3.59. The van der Waals surface area contributed by atoms with Crippen molar-refractivity contribution in [3.63, 3.8) is 0 Å². The lowest BCUT2D eigenvalue weighted by molar-refractivity contribution is 0.0916. The number of nitrogens with zero attached hydrogens (tertiary/aromatic N) is 2. The normalized spacial score (nSPS) is 12.3. The maximum atomic E-state index is 12.1. The standard InChI is InChI=1S/C17H17N3O2/c1-12-2-4-13(5-3-12)16(21)10-19-17(22)14-6-7-20-11-18-9-15(20)8-14/h2-9,11,16,21H,10H2,1H3,(H,19,22). The van der Waals surface area contributed by atoms with Crippen molar-refractivity contribution in [1.82, 2.24) is 14.7 Å². The molecule has 1 aromatic carbocycles. The van der Waals surface area contributed by atoms with Crippen LogP contribution in [-0.2, 0) is 0 Å². The van der Waals surface area contributed by atoms with Gasteiger partial charge in [-0.05, 0) is 24.6 Å². The summed E-state index contributed by atoms with van der Waals surface area (Å²) in [6.45, 7) is 2.16. The van der Waals surface area contributed by atoms with Crippen LogP contribution in [0.1, 0.15) is 27.6 Å². The molecule has 2 N–H and O–H groups in total. The molecule has 1 unspecified atom stereocenters. The van der Waals surface area contributed by atoms with Gasteiger partial charge in [-0.3, -0.25) is 4.79 Å². The van der Waals surface area contributed by atoms with Crippen LogP contribution in [0.4, 0.5) is 0 Å². The first-order chi connectivity index (χ1) is 10.6. The molecule has 0 spiro atoms. The van der Waals surface area contributed by atoms with E-state index in [1.165, 1.54) is 0 Å². The first-order valence-corrected chi connectivity index (χ1v) is 7.08. The lowest BCUT2D eigenvalue weighted by Gasteiger charge is -2.12. The van der Waals surface area contributed by atoms with Crippen molar-refractivity contribution in [2.24, 2.45) is 0 Å². The van der Waals surface area contributed by atoms with Gasteiger partial charge in [0, 0.05) is 18.3 Å². The van der Waals surface area contributed by atoms with E-state index < -0.39 is 6.10 Å². The quantitative estimate of drug-likeness (QED) is 0.774. The second kappa shape index (κ2) is 5.99. The van der Waals surface area contributed by atoms with E-state index in [1.54, 1.807) is 30.9 Å². The molecule has 5 heteroatoms. The predicted octanol–water partition coefficient (Wildman–Crippen LogP) is 2.11. The molecule has 112 valence electrons. The van der Waals surface area contributed by atoms with E-state index in [2.05, 4.69) is 10.3 Å². The van der Waals surface area contributed by atoms with Crippen LogP contribution in [-0.4, -0.2) is 26.9 Å². The van der Waals surface area contributed by atoms with Crippen LogP contribution >= 0.6 is 0 Å². The second-order valence-corrected chi connectivity index (χ2v) is 5.28. The number of hydrogen-bond acceptors (Lipinski definition) is 3. The molecule has 3 rings (SSSR count). The van der Waals surface area contributed by atoms with Crippen LogP contribution in [0.2, 0.25) is 0 Å². The number of carbonyl (C=O) groups excluding carboxylic acids is 1. The second-order valence-electron chi connectivity index (χ2n) is 5.28. The molecule has 5 nitrogen and oxygen atoms in total. The molecule has 0 aliphatic rings. The minimum Gasteiger partial charge on any atom is -0.387 e. The summed E-state index contributed by atoms with van der Waals surface area (Å²) in [5.41, 5.74) is 3.32. The zero-order chi connectivity index (χ0) is 15.5. The number of nitrogens with one attached hydrogen (secondary N) is 1. The molecule has 0 radical (unpaired) electrons. The predicted molar refractivity (Wildman–Crippen MR) is 83.7 cm³/mol. The summed E-state index contributed by atoms with van der Waals surface area (Å²) in [5.74, 6) is -0.213. The highest BCUT2D eigenvalue weighted by Gasteiger charge is 2.11. The molecular weight excluding hydrogens is 278 g/mol. The lowest BCUT2D eigenvalue weighted by atomic mass is 10.1. The highest BCUT2D eigenvalue weighted by Crippen LogP contribution is 2.13. The Morgan fingerprint density at radius 3 is 2.86 bits per heavy atom. The molecule has 22 heavy (non-hydrogen) atoms. The summed E-state index contributed by atoms with van der Waals surface area (Å²) in [4.78, 5) is 16.2. The van der Waals surface area contributed by atoms with Gasteiger partial charge in [-0.1, -0.05) is 29.8 Å². The summed E-state index contributed by atoms with van der Waals surface area (Å²) >= 11 is 0. The number of aryl methyl sites for hydroxylation is 1. The van der Waals surface area contributed by atoms with Gasteiger partial charge in [-0.2, -0.15) is 0 Å². The fourth-order valence-electron chi connectivity index (χ4n) is 2.26. The van der Waals surface area contributed by atoms with Gasteiger partial charge >= 0.3 is 0 Å². The highest BCUT2D eigenvalue weighted by atomic mass is 16.3. The van der Waals surface area contributed by atoms with Gasteiger partial charge in [-0.15, -0.1) is 0 Å². The third-order valence-corrected chi connectivity index (χ3v) is 3.59. The molecule has 0 saturated carbocycles. The number of imidazole rings is 1. The number of hydrogen-bond donors (Lipinski definition) is 2. The lowest BCUT2D eigenvalue weighted by Crippen LogP contribution is -2.28. The van der Waals surface area contributed by atoms with Crippen molar-refractivity contribution in [2.45, 2.75) is 13.0 Å². The average molecular weight is 295 g/mol. The maximum Gasteiger partial charge on any atom is 0.251 e. The molecule has 0 aliphatic carbocycles. The number of aromatic nitrogens is 2. The van der Waals surface area contributed by atoms with Crippen LogP contribution in [0, 0.1) is 6.92 Å². The van der Waals surface area contributed by atoms with Crippen molar-refractivity contribution in [1.29, 1.82) is 0 Å². The minimum absolute atomic E-state index is 0.173. The van der Waals surface area contributed by atoms with E-state index in [-0.39, 0.29) is 12.5 Å². The number of fused-ring (bicyclic) bond motifs is 1. The number of benzene rings is 1. The molecule has 2 aromatic heterocycles. The van der Waals surface area contributed by atoms with E-state index in [4.69, 9.17) is 0 Å². The Balaban J connectivity index is 1.65. The van der Waals surface area contributed by atoms with Crippen molar-refractivity contribution < 1.29 is 9.90 Å². The molecule has 0 bridgehead atoms. The Morgan fingerprint density at radius 2 is 2.09 bits per heavy atom. The number of aliphatic hydroxyl groups is 1. The molecule has 1 amide bonds. The van der Waals surface area contributed by atoms with Gasteiger partial charge in [0.15, 0.2) is 0 Å². The first kappa shape index (κ1) is 14.3. The summed E-state index contributed by atoms with van der Waals surface area (Å²) in [5, 5.41) is 12.9. The zero-order valence-electron chi connectivity index (χ0n) is 12.2. The van der Waals surface area contributed by atoms with E-state index in [1.807, 2.05) is 35.6 Å². The Bertz CT molecular complexity index is 793. The number of amides is 1. The van der Waals surface area contributed by atoms with E-state index in [0.29, 0.717) is 5.56 Å². The van der Waals surface area contributed by atoms with Gasteiger partial charge < -0.3 is 14.8 Å². The van der Waals surface area contributed by atoms with Crippen LogP contribution in [0.5, 0.6) is 0 Å². The monoisotopic (exact) mass is 295 g/mol. The van der Waals surface area contributed by atoms with Gasteiger partial charge in [-0.25, -0.2) is 4.98 Å². The maximum absolute atomic E-state index is 12.1. The van der Waals surface area contributed by atoms with Crippen LogP contribution in [0.3, 0.4) is 0 Å². The van der Waals surface area contributed by atoms with E-state index >= 15 is 0 Å². The fraction of sp³-hybridized carbons (Fsp3) is 0.176. The third kappa shape index (κ3) is 2.99. The van der Waals surface area contributed by atoms with Crippen LogP contribution in [0.25, 0.3) is 5.52 Å². The van der Waals surface area contributed by atoms with Gasteiger partial charge in [0.1, 0.15) is 0 Å². The molecule has 0 saturated heterocycles. The smallest absolute Gasteiger partial charge is 0.251 e. The molecule has 0 fully saturated rings. The molecule has 1 atom stereocenters. The van der Waals surface area contributed by atoms with Crippen LogP contribution < -0.4 is 5.32 Å². The number of aliphatic hydroxyl groups excluding tert-OH is 1. The Hall–Kier alpha value is -2.66. The van der Waals surface area contributed by atoms with E-state index in [0.717, 1.165) is 16.6 Å². The Morgan fingerprint density at radius 1 is 1.32 bits per heavy atom. The van der Waals surface area contributed by atoms with Crippen molar-refractivity contribution in [2.75, 3.05) is 6.54 Å². The number of carbonyl (C=O) groups is 1. The molecule has 2 heterocycles. The highest BCUT2D eigenvalue weighted by molar-refractivity contribution is 5.95. The fourth-order valence-corrected chi connectivity index (χ4v) is 2.26. The topological polar surface area (TPSA) is 66.6 Å². The molecular formula is C17H17N3O2. The first-order valence-electron chi connectivity index (χ1n) is 7.08.